The molecule has 2 unspecified atom stereocenters. The molecule has 0 aromatic carbocycles. The molecule has 9 atom stereocenters. The van der Waals surface area contributed by atoms with Gasteiger partial charge < -0.3 is 60.4 Å². The van der Waals surface area contributed by atoms with E-state index in [1.165, 1.54) is 20.8 Å². The van der Waals surface area contributed by atoms with Crippen LogP contribution in [0.4, 0.5) is 5.82 Å². The molecular formula is C33H54N7O21P3S. The van der Waals surface area contributed by atoms with E-state index >= 15 is 0 Å². The van der Waals surface area contributed by atoms with E-state index in [-0.39, 0.29) is 66.6 Å². The molecule has 1 aliphatic rings. The summed E-state index contributed by atoms with van der Waals surface area (Å²) in [5.41, 5.74) is 4.19. The van der Waals surface area contributed by atoms with Crippen molar-refractivity contribution >= 4 is 81.1 Å². The number of carbonyl (C=O) groups is 5. The van der Waals surface area contributed by atoms with Gasteiger partial charge in [0.25, 0.3) is 0 Å². The molecule has 1 saturated heterocycles. The number of carbonyl (C=O) groups excluding carboxylic acids is 5. The van der Waals surface area contributed by atoms with Crippen molar-refractivity contribution in [3.05, 3.63) is 12.7 Å². The van der Waals surface area contributed by atoms with E-state index in [1.807, 2.05) is 6.92 Å². The summed E-state index contributed by atoms with van der Waals surface area (Å²) in [6.07, 6.45) is -8.01. The molecule has 368 valence electrons. The summed E-state index contributed by atoms with van der Waals surface area (Å²) in [6, 6.07) is 0. The number of aliphatic hydroxyl groups is 2. The highest BCUT2D eigenvalue weighted by Crippen LogP contribution is 2.61. The summed E-state index contributed by atoms with van der Waals surface area (Å²) in [6.45, 7) is 5.08. The first-order valence-electron chi connectivity index (χ1n) is 19.6. The van der Waals surface area contributed by atoms with Crippen molar-refractivity contribution in [1.29, 1.82) is 0 Å². The van der Waals surface area contributed by atoms with Crippen molar-refractivity contribution in [1.82, 2.24) is 30.2 Å². The van der Waals surface area contributed by atoms with Crippen LogP contribution in [0.2, 0.25) is 0 Å². The Morgan fingerprint density at radius 3 is 2.25 bits per heavy atom. The number of phosphoric acid groups is 3. The average Bonchev–Trinajstić information content (AvgIpc) is 3.74. The molecule has 2 aromatic heterocycles. The molecule has 65 heavy (non-hydrogen) atoms. The fourth-order valence-electron chi connectivity index (χ4n) is 5.67. The van der Waals surface area contributed by atoms with Crippen molar-refractivity contribution in [2.75, 3.05) is 37.8 Å². The second-order valence-corrected chi connectivity index (χ2v) is 20.4. The Morgan fingerprint density at radius 1 is 0.938 bits per heavy atom. The first-order chi connectivity index (χ1) is 30.1. The number of fused-ring (bicyclic) bond motifs is 1. The molecule has 28 nitrogen and oxygen atoms in total. The molecule has 0 bridgehead atoms. The number of thioether (sulfide) groups is 1. The van der Waals surface area contributed by atoms with E-state index in [4.69, 9.17) is 29.0 Å². The summed E-state index contributed by atoms with van der Waals surface area (Å²) in [5, 5.41) is 26.1. The second-order valence-electron chi connectivity index (χ2n) is 15.0. The second kappa shape index (κ2) is 24.5. The van der Waals surface area contributed by atoms with Gasteiger partial charge in [-0.25, -0.2) is 28.6 Å². The monoisotopic (exact) mass is 1010 g/mol. The predicted octanol–water partition coefficient (Wildman–Crippen LogP) is 0.108. The van der Waals surface area contributed by atoms with Crippen molar-refractivity contribution in [2.24, 2.45) is 5.41 Å². The summed E-state index contributed by atoms with van der Waals surface area (Å²) in [7, 11) is -16.5. The van der Waals surface area contributed by atoms with Crippen LogP contribution in [0.3, 0.4) is 0 Å². The molecule has 1 fully saturated rings. The molecule has 0 saturated carbocycles. The molecule has 32 heteroatoms. The smallest absolute Gasteiger partial charge is 0.462 e. The molecule has 3 heterocycles. The zero-order valence-electron chi connectivity index (χ0n) is 35.7. The van der Waals surface area contributed by atoms with Crippen LogP contribution >= 0.6 is 35.2 Å². The quantitative estimate of drug-likeness (QED) is 0.0326. The number of hydrogen-bond acceptors (Lipinski definition) is 22. The van der Waals surface area contributed by atoms with Gasteiger partial charge in [0.15, 0.2) is 22.8 Å². The maximum absolute atomic E-state index is 12.7. The van der Waals surface area contributed by atoms with Gasteiger partial charge >= 0.3 is 35.4 Å². The first kappa shape index (κ1) is 55.8. The topological polar surface area (TPSA) is 416 Å². The third-order valence-electron chi connectivity index (χ3n) is 8.79. The van der Waals surface area contributed by atoms with Gasteiger partial charge in [-0.3, -0.25) is 42.1 Å². The van der Waals surface area contributed by atoms with Crippen LogP contribution in [0.25, 0.3) is 11.2 Å². The minimum Gasteiger partial charge on any atom is -0.462 e. The first-order valence-corrected chi connectivity index (χ1v) is 25.1. The Morgan fingerprint density at radius 2 is 1.58 bits per heavy atom. The standard InChI is InChI=1S/C33H54N7O21P3S/c1-6-7-22(42)57-18(2)12-23(43)58-19(3)13-24(44)65-11-10-35-21(41)8-9-36-31(47)28(46)33(4,5)15-56-64(53,54)61-63(51,52)55-14-20-27(60-62(48,49)50)26(45)32(59-20)40-17-39-25-29(34)37-16-38-30(25)40/h16-20,26-28,32,45-46H,6-15H2,1-5H3,(H,35,41)(H,36,47)(H,51,52)(H,53,54)(H2,34,37,38)(H2,48,49,50)/t18-,19-,20-,26-,27-,28+,32-/m1/s1. The van der Waals surface area contributed by atoms with Gasteiger partial charge in [0, 0.05) is 37.1 Å². The number of aromatic nitrogens is 4. The molecule has 0 radical (unpaired) electrons. The van der Waals surface area contributed by atoms with Crippen LogP contribution in [0.5, 0.6) is 0 Å². The zero-order valence-corrected chi connectivity index (χ0v) is 39.2. The highest BCUT2D eigenvalue weighted by molar-refractivity contribution is 8.13. The minimum atomic E-state index is -5.60. The van der Waals surface area contributed by atoms with E-state index < -0.39 is 109 Å². The molecule has 1 aliphatic heterocycles. The molecule has 2 amide bonds. The van der Waals surface area contributed by atoms with Crippen molar-refractivity contribution in [3.63, 3.8) is 0 Å². The zero-order chi connectivity index (χ0) is 48.9. The summed E-state index contributed by atoms with van der Waals surface area (Å²) < 4.78 is 72.5. The fourth-order valence-corrected chi connectivity index (χ4v) is 9.28. The largest absolute Gasteiger partial charge is 0.481 e. The van der Waals surface area contributed by atoms with Crippen molar-refractivity contribution in [3.8, 4) is 0 Å². The van der Waals surface area contributed by atoms with Gasteiger partial charge in [-0.2, -0.15) is 4.31 Å². The van der Waals surface area contributed by atoms with E-state index in [9.17, 15) is 67.5 Å². The summed E-state index contributed by atoms with van der Waals surface area (Å²) in [4.78, 5) is 112. The Kier molecular flexibility index (Phi) is 21.0. The van der Waals surface area contributed by atoms with E-state index in [0.29, 0.717) is 6.42 Å². The number of phosphoric ester groups is 3. The van der Waals surface area contributed by atoms with Crippen LogP contribution in [0.1, 0.15) is 73.0 Å². The summed E-state index contributed by atoms with van der Waals surface area (Å²) >= 11 is 0.893. The van der Waals surface area contributed by atoms with Gasteiger partial charge in [0.05, 0.1) is 32.4 Å². The lowest BCUT2D eigenvalue weighted by molar-refractivity contribution is -0.156. The van der Waals surface area contributed by atoms with Gasteiger partial charge in [0.2, 0.25) is 11.8 Å². The van der Waals surface area contributed by atoms with Crippen LogP contribution in [0.15, 0.2) is 12.7 Å². The maximum atomic E-state index is 12.7. The number of nitrogens with one attached hydrogen (secondary N) is 2. The number of nitrogens with two attached hydrogens (primary N) is 1. The number of amides is 2. The van der Waals surface area contributed by atoms with Gasteiger partial charge in [-0.15, -0.1) is 0 Å². The normalized spacial score (nSPS) is 21.1. The molecule has 0 spiro atoms. The third-order valence-corrected chi connectivity index (χ3v) is 12.8. The SMILES string of the molecule is CCCC(=O)O[C@H](C)CC(=O)O[C@H](C)CC(=O)SCCNC(=O)CCNC(=O)[C@H](O)C(C)(C)COP(=O)(O)OP(=O)(O)OC[C@H]1O[C@@H](n2cnc3c(N)ncnc32)[C@H](O)[C@@H]1OP(=O)(O)O. The number of hydrogen-bond donors (Lipinski definition) is 9. The fraction of sp³-hybridized carbons (Fsp3) is 0.697. The Bertz CT molecular complexity index is 2130. The highest BCUT2D eigenvalue weighted by atomic mass is 32.2. The maximum Gasteiger partial charge on any atom is 0.481 e. The number of nitrogen functional groups attached to an aromatic ring is 1. The lowest BCUT2D eigenvalue weighted by atomic mass is 9.87. The van der Waals surface area contributed by atoms with Gasteiger partial charge in [-0.05, 0) is 20.3 Å². The number of rotatable bonds is 27. The molecular weight excluding hydrogens is 955 g/mol. The lowest BCUT2D eigenvalue weighted by Gasteiger charge is -2.30. The number of aliphatic hydroxyl groups excluding tert-OH is 2. The molecule has 0 aliphatic carbocycles. The van der Waals surface area contributed by atoms with E-state index in [1.54, 1.807) is 6.92 Å². The number of imidazole rings is 1. The van der Waals surface area contributed by atoms with Crippen LogP contribution in [-0.4, -0.2) is 147 Å². The lowest BCUT2D eigenvalue weighted by Crippen LogP contribution is -2.46. The minimum absolute atomic E-state index is 0.0164. The molecule has 3 rings (SSSR count). The number of anilines is 1. The van der Waals surface area contributed by atoms with E-state index in [2.05, 4.69) is 34.4 Å². The van der Waals surface area contributed by atoms with Crippen LogP contribution < -0.4 is 16.4 Å². The Hall–Kier alpha value is -3.50. The molecule has 10 N–H and O–H groups in total. The number of esters is 2. The highest BCUT2D eigenvalue weighted by Gasteiger charge is 2.50. The third kappa shape index (κ3) is 18.6. The summed E-state index contributed by atoms with van der Waals surface area (Å²) in [5.74, 6) is -2.48. The Balaban J connectivity index is 1.39. The van der Waals surface area contributed by atoms with Crippen LogP contribution in [-0.2, 0) is 69.8 Å². The average molecular weight is 1010 g/mol. The number of ether oxygens (including phenoxy) is 3. The Labute approximate surface area is 375 Å². The molecule has 2 aromatic rings. The van der Waals surface area contributed by atoms with E-state index in [0.717, 1.165) is 29.0 Å². The van der Waals surface area contributed by atoms with Crippen molar-refractivity contribution < 1.29 is 99.5 Å². The van der Waals surface area contributed by atoms with Crippen molar-refractivity contribution in [2.45, 2.75) is 110 Å². The number of nitrogens with zero attached hydrogens (tertiary/aromatic N) is 4. The van der Waals surface area contributed by atoms with Crippen LogP contribution in [0, 0.1) is 5.41 Å². The van der Waals surface area contributed by atoms with Gasteiger partial charge in [0.1, 0.15) is 48.5 Å². The van der Waals surface area contributed by atoms with Gasteiger partial charge in [-0.1, -0.05) is 32.5 Å². The predicted molar refractivity (Wildman–Crippen MR) is 222 cm³/mol.